The Hall–Kier alpha value is -2.38. The standard InChI is InChI=1S/C10H12N4O4/c1-5(9(16)18-3)14-4-11-7-6(14)8(15)13(2)10(17)12-7/h4-5H,1-3H3,(H,12,17). The molecule has 0 saturated heterocycles. The van der Waals surface area contributed by atoms with Crippen LogP contribution in [0, 0.1) is 0 Å². The number of rotatable bonds is 2. The van der Waals surface area contributed by atoms with Crippen molar-refractivity contribution >= 4 is 17.1 Å². The molecule has 2 aromatic heterocycles. The average molecular weight is 252 g/mol. The molecule has 18 heavy (non-hydrogen) atoms. The van der Waals surface area contributed by atoms with Gasteiger partial charge in [-0.2, -0.15) is 0 Å². The molecule has 2 aromatic rings. The van der Waals surface area contributed by atoms with E-state index in [-0.39, 0.29) is 11.2 Å². The Labute approximate surface area is 101 Å². The van der Waals surface area contributed by atoms with Crippen molar-refractivity contribution in [3.05, 3.63) is 27.2 Å². The highest BCUT2D eigenvalue weighted by molar-refractivity contribution is 5.77. The minimum atomic E-state index is -0.696. The second-order valence-corrected chi connectivity index (χ2v) is 3.84. The van der Waals surface area contributed by atoms with E-state index in [0.29, 0.717) is 0 Å². The van der Waals surface area contributed by atoms with Crippen molar-refractivity contribution in [2.75, 3.05) is 7.11 Å². The average Bonchev–Trinajstić information content (AvgIpc) is 2.77. The predicted molar refractivity (Wildman–Crippen MR) is 62.3 cm³/mol. The molecule has 2 rings (SSSR count). The van der Waals surface area contributed by atoms with E-state index in [0.717, 1.165) is 4.57 Å². The minimum absolute atomic E-state index is 0.152. The lowest BCUT2D eigenvalue weighted by Gasteiger charge is -2.11. The number of nitrogens with zero attached hydrogens (tertiary/aromatic N) is 3. The first-order valence-corrected chi connectivity index (χ1v) is 5.21. The summed E-state index contributed by atoms with van der Waals surface area (Å²) in [7, 11) is 2.61. The van der Waals surface area contributed by atoms with Crippen LogP contribution in [0.5, 0.6) is 0 Å². The van der Waals surface area contributed by atoms with Gasteiger partial charge in [-0.3, -0.25) is 14.3 Å². The van der Waals surface area contributed by atoms with Crippen LogP contribution in [0.1, 0.15) is 13.0 Å². The summed E-state index contributed by atoms with van der Waals surface area (Å²) < 4.78 is 6.91. The summed E-state index contributed by atoms with van der Waals surface area (Å²) in [4.78, 5) is 41.2. The van der Waals surface area contributed by atoms with Gasteiger partial charge in [0.15, 0.2) is 11.2 Å². The number of aromatic nitrogens is 4. The molecule has 0 aromatic carbocycles. The fourth-order valence-corrected chi connectivity index (χ4v) is 1.68. The Kier molecular flexibility index (Phi) is 2.77. The van der Waals surface area contributed by atoms with E-state index in [9.17, 15) is 14.4 Å². The van der Waals surface area contributed by atoms with Crippen LogP contribution in [-0.4, -0.2) is 32.2 Å². The molecule has 1 atom stereocenters. The molecule has 0 aliphatic carbocycles. The number of hydrogen-bond acceptors (Lipinski definition) is 5. The summed E-state index contributed by atoms with van der Waals surface area (Å²) in [5, 5.41) is 0. The molecule has 0 spiro atoms. The number of fused-ring (bicyclic) bond motifs is 1. The lowest BCUT2D eigenvalue weighted by atomic mass is 10.3. The molecule has 1 unspecified atom stereocenters. The largest absolute Gasteiger partial charge is 0.467 e. The van der Waals surface area contributed by atoms with Crippen LogP contribution in [0.4, 0.5) is 0 Å². The monoisotopic (exact) mass is 252 g/mol. The van der Waals surface area contributed by atoms with Crippen LogP contribution in [0.15, 0.2) is 15.9 Å². The molecule has 2 heterocycles. The lowest BCUT2D eigenvalue weighted by molar-refractivity contribution is -0.143. The maximum Gasteiger partial charge on any atom is 0.329 e. The minimum Gasteiger partial charge on any atom is -0.467 e. The van der Waals surface area contributed by atoms with E-state index in [1.54, 1.807) is 6.92 Å². The van der Waals surface area contributed by atoms with Crippen LogP contribution in [-0.2, 0) is 16.6 Å². The van der Waals surface area contributed by atoms with Gasteiger partial charge < -0.3 is 9.30 Å². The maximum atomic E-state index is 12.0. The predicted octanol–water partition coefficient (Wildman–Crippen LogP) is -0.843. The van der Waals surface area contributed by atoms with Crippen LogP contribution in [0.3, 0.4) is 0 Å². The summed E-state index contributed by atoms with van der Waals surface area (Å²) in [5.41, 5.74) is -0.751. The van der Waals surface area contributed by atoms with Crippen molar-refractivity contribution in [1.29, 1.82) is 0 Å². The van der Waals surface area contributed by atoms with Crippen molar-refractivity contribution in [3.63, 3.8) is 0 Å². The van der Waals surface area contributed by atoms with Crippen LogP contribution < -0.4 is 11.2 Å². The molecule has 0 aliphatic rings. The molecule has 96 valence electrons. The number of nitrogens with one attached hydrogen (secondary N) is 1. The zero-order chi connectivity index (χ0) is 13.4. The third-order valence-electron chi connectivity index (χ3n) is 2.79. The van der Waals surface area contributed by atoms with Gasteiger partial charge in [0.1, 0.15) is 6.04 Å². The number of methoxy groups -OCH3 is 1. The van der Waals surface area contributed by atoms with E-state index >= 15 is 0 Å². The highest BCUT2D eigenvalue weighted by Gasteiger charge is 2.20. The second kappa shape index (κ2) is 4.13. The van der Waals surface area contributed by atoms with Gasteiger partial charge in [0.25, 0.3) is 5.56 Å². The molecule has 8 heteroatoms. The quantitative estimate of drug-likeness (QED) is 0.702. The number of hydrogen-bond donors (Lipinski definition) is 1. The van der Waals surface area contributed by atoms with Crippen LogP contribution >= 0.6 is 0 Å². The van der Waals surface area contributed by atoms with Crippen LogP contribution in [0.25, 0.3) is 11.2 Å². The maximum absolute atomic E-state index is 12.0. The third kappa shape index (κ3) is 1.62. The van der Waals surface area contributed by atoms with Gasteiger partial charge in [0.2, 0.25) is 0 Å². The topological polar surface area (TPSA) is 99.0 Å². The number of esters is 1. The lowest BCUT2D eigenvalue weighted by Crippen LogP contribution is -2.34. The number of aromatic amines is 1. The SMILES string of the molecule is COC(=O)C(C)n1cnc2[nH]c(=O)n(C)c(=O)c21. The first kappa shape index (κ1) is 12.1. The molecule has 0 fully saturated rings. The van der Waals surface area contributed by atoms with Gasteiger partial charge in [0, 0.05) is 7.05 Å². The number of carbonyl (C=O) groups is 1. The van der Waals surface area contributed by atoms with Crippen molar-refractivity contribution in [2.45, 2.75) is 13.0 Å². The zero-order valence-corrected chi connectivity index (χ0v) is 10.1. The molecule has 0 amide bonds. The highest BCUT2D eigenvalue weighted by Crippen LogP contribution is 2.12. The van der Waals surface area contributed by atoms with Crippen molar-refractivity contribution in [1.82, 2.24) is 19.1 Å². The van der Waals surface area contributed by atoms with Gasteiger partial charge in [-0.05, 0) is 6.92 Å². The number of imidazole rings is 1. The van der Waals surface area contributed by atoms with E-state index in [4.69, 9.17) is 0 Å². The molecular weight excluding hydrogens is 240 g/mol. The summed E-state index contributed by atoms with van der Waals surface area (Å²) in [6.07, 6.45) is 1.32. The van der Waals surface area contributed by atoms with Crippen LogP contribution in [0.2, 0.25) is 0 Å². The fraction of sp³-hybridized carbons (Fsp3) is 0.400. The van der Waals surface area contributed by atoms with E-state index in [1.807, 2.05) is 0 Å². The fourth-order valence-electron chi connectivity index (χ4n) is 1.68. The van der Waals surface area contributed by atoms with Gasteiger partial charge in [-0.25, -0.2) is 14.6 Å². The van der Waals surface area contributed by atoms with Gasteiger partial charge in [-0.15, -0.1) is 0 Å². The molecular formula is C10H12N4O4. The summed E-state index contributed by atoms with van der Waals surface area (Å²) in [6.45, 7) is 1.58. The van der Waals surface area contributed by atoms with Gasteiger partial charge >= 0.3 is 11.7 Å². The normalized spacial score (nSPS) is 12.6. The Morgan fingerprint density at radius 2 is 2.17 bits per heavy atom. The Morgan fingerprint density at radius 3 is 2.78 bits per heavy atom. The van der Waals surface area contributed by atoms with Gasteiger partial charge in [0.05, 0.1) is 13.4 Å². The summed E-state index contributed by atoms with van der Waals surface area (Å²) in [6, 6.07) is -0.696. The molecule has 8 nitrogen and oxygen atoms in total. The number of carbonyl (C=O) groups excluding carboxylic acids is 1. The van der Waals surface area contributed by atoms with Crippen molar-refractivity contribution in [3.8, 4) is 0 Å². The molecule has 0 saturated carbocycles. The molecule has 0 aliphatic heterocycles. The molecule has 1 N–H and O–H groups in total. The first-order valence-electron chi connectivity index (χ1n) is 5.21. The molecule has 0 radical (unpaired) electrons. The smallest absolute Gasteiger partial charge is 0.329 e. The third-order valence-corrected chi connectivity index (χ3v) is 2.79. The summed E-state index contributed by atoms with van der Waals surface area (Å²) >= 11 is 0. The zero-order valence-electron chi connectivity index (χ0n) is 10.1. The summed E-state index contributed by atoms with van der Waals surface area (Å²) in [5.74, 6) is -0.498. The van der Waals surface area contributed by atoms with Crippen molar-refractivity contribution < 1.29 is 9.53 Å². The van der Waals surface area contributed by atoms with E-state index in [1.165, 1.54) is 25.1 Å². The number of ether oxygens (including phenoxy) is 1. The van der Waals surface area contributed by atoms with Crippen molar-refractivity contribution in [2.24, 2.45) is 7.05 Å². The first-order chi connectivity index (χ1) is 8.47. The van der Waals surface area contributed by atoms with E-state index < -0.39 is 23.3 Å². The number of H-pyrrole nitrogens is 1. The molecule has 0 bridgehead atoms. The van der Waals surface area contributed by atoms with E-state index in [2.05, 4.69) is 14.7 Å². The Morgan fingerprint density at radius 1 is 1.50 bits per heavy atom. The Balaban J connectivity index is 2.76. The van der Waals surface area contributed by atoms with Gasteiger partial charge in [-0.1, -0.05) is 0 Å². The Bertz CT molecular complexity index is 724. The second-order valence-electron chi connectivity index (χ2n) is 3.84. The highest BCUT2D eigenvalue weighted by atomic mass is 16.5.